The van der Waals surface area contributed by atoms with Crippen LogP contribution in [0.3, 0.4) is 0 Å². The Balaban J connectivity index is 1.36. The number of nitrogens with one attached hydrogen (secondary N) is 1. The summed E-state index contributed by atoms with van der Waals surface area (Å²) in [6.07, 6.45) is 7.76. The zero-order valence-electron chi connectivity index (χ0n) is 16.0. The first kappa shape index (κ1) is 19.3. The molecule has 0 aromatic carbocycles. The van der Waals surface area contributed by atoms with Crippen LogP contribution in [0.2, 0.25) is 0 Å². The molecule has 3 aromatic heterocycles. The van der Waals surface area contributed by atoms with Gasteiger partial charge >= 0.3 is 5.76 Å². The summed E-state index contributed by atoms with van der Waals surface area (Å²) < 4.78 is 11.4. The van der Waals surface area contributed by atoms with E-state index < -0.39 is 5.76 Å². The van der Waals surface area contributed by atoms with Gasteiger partial charge in [0.15, 0.2) is 11.5 Å². The van der Waals surface area contributed by atoms with Crippen LogP contribution in [0.1, 0.15) is 37.1 Å². The number of amides is 1. The molecule has 152 valence electrons. The number of aromatic nitrogens is 4. The molecule has 1 amide bonds. The average Bonchev–Trinajstić information content (AvgIpc) is 3.43. The van der Waals surface area contributed by atoms with E-state index in [1.165, 1.54) is 29.8 Å². The number of hydrogen-bond donors (Lipinski definition) is 1. The lowest BCUT2D eigenvalue weighted by Gasteiger charge is -2.12. The molecule has 1 aliphatic rings. The van der Waals surface area contributed by atoms with Crippen molar-refractivity contribution >= 4 is 17.2 Å². The van der Waals surface area contributed by atoms with E-state index in [9.17, 15) is 9.59 Å². The van der Waals surface area contributed by atoms with Gasteiger partial charge in [-0.15, -0.1) is 16.4 Å². The molecule has 0 saturated carbocycles. The molecule has 1 N–H and O–H groups in total. The van der Waals surface area contributed by atoms with E-state index in [1.54, 1.807) is 6.07 Å². The summed E-state index contributed by atoms with van der Waals surface area (Å²) in [7, 11) is 0. The first-order valence-electron chi connectivity index (χ1n) is 9.50. The van der Waals surface area contributed by atoms with E-state index in [-0.39, 0.29) is 24.0 Å². The number of rotatable bonds is 7. The monoisotopic (exact) mass is 415 g/mol. The third kappa shape index (κ3) is 4.70. The van der Waals surface area contributed by atoms with Crippen LogP contribution in [0.5, 0.6) is 0 Å². The molecule has 0 radical (unpaired) electrons. The molecule has 9 nitrogen and oxygen atoms in total. The highest BCUT2D eigenvalue weighted by Gasteiger charge is 2.18. The quantitative estimate of drug-likeness (QED) is 0.590. The Hall–Kier alpha value is -3.01. The first-order valence-corrected chi connectivity index (χ1v) is 10.4. The number of aryl methyl sites for hydroxylation is 1. The molecule has 0 spiro atoms. The maximum Gasteiger partial charge on any atom is 0.437 e. The molecule has 0 atom stereocenters. The summed E-state index contributed by atoms with van der Waals surface area (Å²) >= 11 is 1.49. The summed E-state index contributed by atoms with van der Waals surface area (Å²) in [5, 5.41) is 13.5. The molecule has 10 heteroatoms. The molecule has 29 heavy (non-hydrogen) atoms. The van der Waals surface area contributed by atoms with Gasteiger partial charge in [-0.1, -0.05) is 16.8 Å². The molecule has 0 bridgehead atoms. The Labute approximate surface area is 170 Å². The highest BCUT2D eigenvalue weighted by atomic mass is 32.1. The molecule has 0 saturated heterocycles. The SMILES string of the molecule is Cc1nc(-c2cc(-c3nn(CC(=O)NCCC4=CCCCC4)c(=O)o3)no2)cs1. The van der Waals surface area contributed by atoms with E-state index in [4.69, 9.17) is 8.94 Å². The Bertz CT molecular complexity index is 1090. The highest BCUT2D eigenvalue weighted by Crippen LogP contribution is 2.25. The second-order valence-corrected chi connectivity index (χ2v) is 7.93. The summed E-state index contributed by atoms with van der Waals surface area (Å²) in [6, 6.07) is 1.60. The topological polar surface area (TPSA) is 116 Å². The van der Waals surface area contributed by atoms with E-state index in [0.717, 1.165) is 29.0 Å². The molecule has 0 unspecified atom stereocenters. The lowest BCUT2D eigenvalue weighted by Crippen LogP contribution is -2.32. The van der Waals surface area contributed by atoms with Gasteiger partial charge in [-0.05, 0) is 39.0 Å². The fraction of sp³-hybridized carbons (Fsp3) is 0.421. The van der Waals surface area contributed by atoms with Gasteiger partial charge in [0, 0.05) is 18.0 Å². The first-order chi connectivity index (χ1) is 14.1. The van der Waals surface area contributed by atoms with Crippen molar-refractivity contribution < 1.29 is 13.7 Å². The van der Waals surface area contributed by atoms with Gasteiger partial charge in [0.25, 0.3) is 5.89 Å². The second-order valence-electron chi connectivity index (χ2n) is 6.87. The largest absolute Gasteiger partial charge is 0.437 e. The van der Waals surface area contributed by atoms with Gasteiger partial charge in [-0.3, -0.25) is 4.79 Å². The van der Waals surface area contributed by atoms with Crippen molar-refractivity contribution in [1.82, 2.24) is 25.2 Å². The average molecular weight is 415 g/mol. The van der Waals surface area contributed by atoms with Gasteiger partial charge in [0.05, 0.1) is 5.01 Å². The van der Waals surface area contributed by atoms with E-state index in [0.29, 0.717) is 18.0 Å². The van der Waals surface area contributed by atoms with Crippen LogP contribution in [0.25, 0.3) is 23.0 Å². The normalized spacial score (nSPS) is 14.0. The van der Waals surface area contributed by atoms with Crippen LogP contribution in [0.4, 0.5) is 0 Å². The minimum atomic E-state index is -0.723. The van der Waals surface area contributed by atoms with Crippen LogP contribution in [-0.4, -0.2) is 32.4 Å². The predicted octanol–water partition coefficient (Wildman–Crippen LogP) is 2.93. The van der Waals surface area contributed by atoms with Gasteiger partial charge in [-0.2, -0.15) is 4.68 Å². The Morgan fingerprint density at radius 2 is 2.24 bits per heavy atom. The molecule has 4 rings (SSSR count). The summed E-state index contributed by atoms with van der Waals surface area (Å²) in [6.45, 7) is 2.23. The molecular weight excluding hydrogens is 394 g/mol. The number of carbonyl (C=O) groups is 1. The minimum Gasteiger partial charge on any atom is -0.386 e. The van der Waals surface area contributed by atoms with Crippen LogP contribution >= 0.6 is 11.3 Å². The van der Waals surface area contributed by atoms with Crippen LogP contribution in [0.15, 0.2) is 36.8 Å². The van der Waals surface area contributed by atoms with Crippen molar-refractivity contribution in [1.29, 1.82) is 0 Å². The number of nitrogens with zero attached hydrogens (tertiary/aromatic N) is 4. The van der Waals surface area contributed by atoms with Crippen molar-refractivity contribution in [2.24, 2.45) is 0 Å². The van der Waals surface area contributed by atoms with Crippen molar-refractivity contribution in [3.05, 3.63) is 38.7 Å². The summed E-state index contributed by atoms with van der Waals surface area (Å²) in [4.78, 5) is 28.5. The third-order valence-corrected chi connectivity index (χ3v) is 5.43. The number of allylic oxidation sites excluding steroid dienone is 1. The molecule has 0 fully saturated rings. The van der Waals surface area contributed by atoms with E-state index in [2.05, 4.69) is 26.6 Å². The lowest BCUT2D eigenvalue weighted by molar-refractivity contribution is -0.121. The summed E-state index contributed by atoms with van der Waals surface area (Å²) in [5.41, 5.74) is 2.31. The van der Waals surface area contributed by atoms with Crippen molar-refractivity contribution in [3.8, 4) is 23.0 Å². The zero-order chi connectivity index (χ0) is 20.2. The Kier molecular flexibility index (Phi) is 5.70. The van der Waals surface area contributed by atoms with Gasteiger partial charge in [0.2, 0.25) is 5.91 Å². The van der Waals surface area contributed by atoms with Gasteiger partial charge < -0.3 is 14.3 Å². The predicted molar refractivity (Wildman–Crippen MR) is 106 cm³/mol. The Morgan fingerprint density at radius 3 is 3.00 bits per heavy atom. The molecule has 0 aliphatic heterocycles. The van der Waals surface area contributed by atoms with E-state index >= 15 is 0 Å². The van der Waals surface area contributed by atoms with Crippen LogP contribution in [0, 0.1) is 6.92 Å². The van der Waals surface area contributed by atoms with Crippen molar-refractivity contribution in [3.63, 3.8) is 0 Å². The smallest absolute Gasteiger partial charge is 0.386 e. The maximum atomic E-state index is 12.1. The molecular formula is C19H21N5O4S. The fourth-order valence-electron chi connectivity index (χ4n) is 3.17. The lowest BCUT2D eigenvalue weighted by atomic mass is 9.97. The fourth-order valence-corrected chi connectivity index (χ4v) is 3.77. The maximum absolute atomic E-state index is 12.1. The minimum absolute atomic E-state index is 0.00267. The highest BCUT2D eigenvalue weighted by molar-refractivity contribution is 7.09. The van der Waals surface area contributed by atoms with Crippen molar-refractivity contribution in [2.45, 2.75) is 45.6 Å². The molecule has 3 heterocycles. The van der Waals surface area contributed by atoms with E-state index in [1.807, 2.05) is 12.3 Å². The summed E-state index contributed by atoms with van der Waals surface area (Å²) in [5.74, 6) is -0.560. The number of thiazole rings is 1. The zero-order valence-corrected chi connectivity index (χ0v) is 16.8. The number of carbonyl (C=O) groups excluding carboxylic acids is 1. The Morgan fingerprint density at radius 1 is 1.34 bits per heavy atom. The van der Waals surface area contributed by atoms with Crippen LogP contribution < -0.4 is 11.1 Å². The van der Waals surface area contributed by atoms with Crippen molar-refractivity contribution in [2.75, 3.05) is 6.54 Å². The third-order valence-electron chi connectivity index (χ3n) is 4.65. The molecule has 1 aliphatic carbocycles. The van der Waals surface area contributed by atoms with Gasteiger partial charge in [-0.25, -0.2) is 9.78 Å². The standard InChI is InChI=1S/C19H21N5O4S/c1-12-21-15(11-29-12)16-9-14(23-28-16)18-22-24(19(26)27-18)10-17(25)20-8-7-13-5-3-2-4-6-13/h5,9,11H,2-4,6-8,10H2,1H3,(H,20,25). The second kappa shape index (κ2) is 8.56. The van der Waals surface area contributed by atoms with Crippen LogP contribution in [-0.2, 0) is 11.3 Å². The molecule has 3 aromatic rings. The number of hydrogen-bond acceptors (Lipinski definition) is 8. The van der Waals surface area contributed by atoms with Gasteiger partial charge in [0.1, 0.15) is 12.2 Å².